The zero-order chi connectivity index (χ0) is 9.56. The Labute approximate surface area is 90.2 Å². The SMILES string of the molecule is C=CCC(Br)NC(CBr)C(N)N. The highest BCUT2D eigenvalue weighted by atomic mass is 79.9. The lowest BCUT2D eigenvalue weighted by Crippen LogP contribution is -2.53. The molecule has 12 heavy (non-hydrogen) atoms. The molecule has 0 rings (SSSR count). The molecule has 2 unspecified atom stereocenters. The molecule has 5 N–H and O–H groups in total. The van der Waals surface area contributed by atoms with Crippen molar-refractivity contribution in [2.75, 3.05) is 5.33 Å². The van der Waals surface area contributed by atoms with Crippen LogP contribution in [-0.4, -0.2) is 22.5 Å². The van der Waals surface area contributed by atoms with Gasteiger partial charge in [0.2, 0.25) is 0 Å². The molecule has 0 aliphatic heterocycles. The van der Waals surface area contributed by atoms with Crippen LogP contribution in [0.4, 0.5) is 0 Å². The Balaban J connectivity index is 3.76. The number of alkyl halides is 2. The molecule has 0 aliphatic rings. The molecule has 0 bridgehead atoms. The molecule has 0 spiro atoms. The van der Waals surface area contributed by atoms with Gasteiger partial charge in [-0.25, -0.2) is 0 Å². The van der Waals surface area contributed by atoms with Crippen molar-refractivity contribution in [3.8, 4) is 0 Å². The van der Waals surface area contributed by atoms with Crippen LogP contribution >= 0.6 is 31.9 Å². The van der Waals surface area contributed by atoms with Crippen molar-refractivity contribution in [1.29, 1.82) is 0 Å². The zero-order valence-corrected chi connectivity index (χ0v) is 10.0. The molecule has 0 fully saturated rings. The Morgan fingerprint density at radius 1 is 1.50 bits per heavy atom. The predicted molar refractivity (Wildman–Crippen MR) is 60.4 cm³/mol. The van der Waals surface area contributed by atoms with Crippen LogP contribution in [0.25, 0.3) is 0 Å². The summed E-state index contributed by atoms with van der Waals surface area (Å²) in [5.41, 5.74) is 11.1. The molecule has 72 valence electrons. The van der Waals surface area contributed by atoms with E-state index in [1.54, 1.807) is 0 Å². The van der Waals surface area contributed by atoms with Gasteiger partial charge in [-0.2, -0.15) is 0 Å². The van der Waals surface area contributed by atoms with Crippen molar-refractivity contribution in [1.82, 2.24) is 5.32 Å². The third-order valence-corrected chi connectivity index (χ3v) is 2.74. The predicted octanol–water partition coefficient (Wildman–Crippen LogP) is 0.880. The average molecular weight is 301 g/mol. The summed E-state index contributed by atoms with van der Waals surface area (Å²) in [5.74, 6) is 0. The topological polar surface area (TPSA) is 64.1 Å². The first-order valence-electron chi connectivity index (χ1n) is 3.70. The van der Waals surface area contributed by atoms with Crippen molar-refractivity contribution in [2.45, 2.75) is 23.6 Å². The van der Waals surface area contributed by atoms with Gasteiger partial charge in [-0.05, 0) is 6.42 Å². The third kappa shape index (κ3) is 5.27. The maximum absolute atomic E-state index is 5.53. The van der Waals surface area contributed by atoms with Crippen LogP contribution < -0.4 is 16.8 Å². The maximum atomic E-state index is 5.53. The van der Waals surface area contributed by atoms with Crippen molar-refractivity contribution in [2.24, 2.45) is 11.5 Å². The van der Waals surface area contributed by atoms with Crippen molar-refractivity contribution < 1.29 is 0 Å². The van der Waals surface area contributed by atoms with Gasteiger partial charge >= 0.3 is 0 Å². The van der Waals surface area contributed by atoms with E-state index < -0.39 is 0 Å². The van der Waals surface area contributed by atoms with Gasteiger partial charge in [-0.1, -0.05) is 37.9 Å². The number of nitrogens with two attached hydrogens (primary N) is 2. The fourth-order valence-electron chi connectivity index (χ4n) is 0.705. The van der Waals surface area contributed by atoms with Crippen LogP contribution in [0.3, 0.4) is 0 Å². The summed E-state index contributed by atoms with van der Waals surface area (Å²) in [6, 6.07) is 0.0781. The molecule has 0 heterocycles. The van der Waals surface area contributed by atoms with E-state index in [4.69, 9.17) is 11.5 Å². The highest BCUT2D eigenvalue weighted by Gasteiger charge is 2.14. The first-order chi connectivity index (χ1) is 5.61. The second-order valence-corrected chi connectivity index (χ2v) is 4.25. The van der Waals surface area contributed by atoms with Crippen LogP contribution in [0.2, 0.25) is 0 Å². The van der Waals surface area contributed by atoms with E-state index in [1.165, 1.54) is 0 Å². The van der Waals surface area contributed by atoms with Gasteiger partial charge in [0.15, 0.2) is 0 Å². The van der Waals surface area contributed by atoms with Crippen molar-refractivity contribution >= 4 is 31.9 Å². The molecule has 0 aromatic rings. The van der Waals surface area contributed by atoms with Crippen LogP contribution in [0, 0.1) is 0 Å². The third-order valence-electron chi connectivity index (χ3n) is 1.40. The molecule has 2 atom stereocenters. The lowest BCUT2D eigenvalue weighted by Gasteiger charge is -2.22. The zero-order valence-electron chi connectivity index (χ0n) is 6.84. The average Bonchev–Trinajstić information content (AvgIpc) is 2.00. The summed E-state index contributed by atoms with van der Waals surface area (Å²) in [4.78, 5) is 0.187. The van der Waals surface area contributed by atoms with Crippen molar-refractivity contribution in [3.05, 3.63) is 12.7 Å². The number of hydrogen-bond acceptors (Lipinski definition) is 3. The normalized spacial score (nSPS) is 16.1. The quantitative estimate of drug-likeness (QED) is 0.295. The molecule has 0 aliphatic carbocycles. The molecular formula is C7H15Br2N3. The van der Waals surface area contributed by atoms with Crippen molar-refractivity contribution in [3.63, 3.8) is 0 Å². The van der Waals surface area contributed by atoms with Gasteiger partial charge in [-0.15, -0.1) is 6.58 Å². The fourth-order valence-corrected chi connectivity index (χ4v) is 1.93. The minimum atomic E-state index is -0.353. The fraction of sp³-hybridized carbons (Fsp3) is 0.714. The summed E-state index contributed by atoms with van der Waals surface area (Å²) in [7, 11) is 0. The Morgan fingerprint density at radius 2 is 2.08 bits per heavy atom. The van der Waals surface area contributed by atoms with Crippen LogP contribution in [0.5, 0.6) is 0 Å². The largest absolute Gasteiger partial charge is 0.315 e. The van der Waals surface area contributed by atoms with Crippen LogP contribution in [0.15, 0.2) is 12.7 Å². The van der Waals surface area contributed by atoms with Gasteiger partial charge in [0.25, 0.3) is 0 Å². The lowest BCUT2D eigenvalue weighted by molar-refractivity contribution is 0.466. The van der Waals surface area contributed by atoms with Gasteiger partial charge in [0, 0.05) is 11.4 Å². The van der Waals surface area contributed by atoms with Crippen LogP contribution in [0.1, 0.15) is 6.42 Å². The van der Waals surface area contributed by atoms with E-state index in [-0.39, 0.29) is 17.2 Å². The van der Waals surface area contributed by atoms with Gasteiger partial charge < -0.3 is 11.5 Å². The molecule has 0 amide bonds. The second kappa shape index (κ2) is 7.03. The summed E-state index contributed by atoms with van der Waals surface area (Å²) in [6.07, 6.45) is 2.32. The molecule has 0 saturated heterocycles. The van der Waals surface area contributed by atoms with E-state index in [1.807, 2.05) is 6.08 Å². The number of rotatable bonds is 6. The molecular weight excluding hydrogens is 286 g/mol. The monoisotopic (exact) mass is 299 g/mol. The Hall–Kier alpha value is 0.580. The second-order valence-electron chi connectivity index (χ2n) is 2.50. The number of halogens is 2. The van der Waals surface area contributed by atoms with Gasteiger partial charge in [0.05, 0.1) is 11.1 Å². The van der Waals surface area contributed by atoms with Gasteiger partial charge in [-0.3, -0.25) is 5.32 Å². The standard InChI is InChI=1S/C7H15Br2N3/c1-2-3-6(9)12-5(4-8)7(10)11/h2,5-7,12H,1,3-4,10-11H2. The Kier molecular flexibility index (Phi) is 7.37. The number of hydrogen-bond donors (Lipinski definition) is 3. The van der Waals surface area contributed by atoms with E-state index in [0.29, 0.717) is 0 Å². The van der Waals surface area contributed by atoms with E-state index >= 15 is 0 Å². The molecule has 0 saturated carbocycles. The van der Waals surface area contributed by atoms with E-state index in [2.05, 4.69) is 43.8 Å². The molecule has 0 aromatic carbocycles. The smallest absolute Gasteiger partial charge is 0.0687 e. The van der Waals surface area contributed by atoms with E-state index in [9.17, 15) is 0 Å². The molecule has 3 nitrogen and oxygen atoms in total. The summed E-state index contributed by atoms with van der Waals surface area (Å²) < 4.78 is 0. The molecule has 0 aromatic heterocycles. The van der Waals surface area contributed by atoms with Gasteiger partial charge in [0.1, 0.15) is 0 Å². The van der Waals surface area contributed by atoms with Crippen LogP contribution in [-0.2, 0) is 0 Å². The Morgan fingerprint density at radius 3 is 2.42 bits per heavy atom. The molecule has 5 heteroatoms. The summed E-state index contributed by atoms with van der Waals surface area (Å²) in [5, 5.41) is 3.96. The Bertz CT molecular complexity index is 130. The molecule has 0 radical (unpaired) electrons. The first kappa shape index (κ1) is 12.6. The lowest BCUT2D eigenvalue weighted by atomic mass is 10.2. The highest BCUT2D eigenvalue weighted by Crippen LogP contribution is 2.04. The minimum absolute atomic E-state index is 0.0781. The summed E-state index contributed by atoms with van der Waals surface area (Å²) in [6.45, 7) is 3.63. The minimum Gasteiger partial charge on any atom is -0.315 e. The first-order valence-corrected chi connectivity index (χ1v) is 5.73. The number of nitrogens with one attached hydrogen (secondary N) is 1. The maximum Gasteiger partial charge on any atom is 0.0687 e. The van der Waals surface area contributed by atoms with E-state index in [0.717, 1.165) is 11.8 Å². The highest BCUT2D eigenvalue weighted by molar-refractivity contribution is 9.09. The summed E-state index contributed by atoms with van der Waals surface area (Å²) >= 11 is 6.76.